The van der Waals surface area contributed by atoms with Crippen LogP contribution >= 0.6 is 0 Å². The standard InChI is InChI=1S/C16H33NO2/c1-6-8-10-13(9-7-2)15-11-14(17(4)5)16(18)12(3)19-15/h12-16,18H,6-11H2,1-5H3. The summed E-state index contributed by atoms with van der Waals surface area (Å²) >= 11 is 0. The van der Waals surface area contributed by atoms with Gasteiger partial charge in [-0.15, -0.1) is 0 Å². The molecule has 1 rings (SSSR count). The van der Waals surface area contributed by atoms with Crippen LogP contribution in [0.1, 0.15) is 59.3 Å². The number of aliphatic hydroxyl groups is 1. The van der Waals surface area contributed by atoms with E-state index in [9.17, 15) is 5.11 Å². The van der Waals surface area contributed by atoms with E-state index in [-0.39, 0.29) is 18.2 Å². The smallest absolute Gasteiger partial charge is 0.0954 e. The molecule has 0 aromatic rings. The lowest BCUT2D eigenvalue weighted by Crippen LogP contribution is -2.54. The van der Waals surface area contributed by atoms with Crippen molar-refractivity contribution >= 4 is 0 Å². The molecule has 0 bridgehead atoms. The maximum atomic E-state index is 10.2. The minimum absolute atomic E-state index is 0.0490. The fourth-order valence-electron chi connectivity index (χ4n) is 3.28. The van der Waals surface area contributed by atoms with Crippen molar-refractivity contribution in [1.82, 2.24) is 4.90 Å². The molecule has 3 heteroatoms. The Morgan fingerprint density at radius 2 is 1.89 bits per heavy atom. The van der Waals surface area contributed by atoms with Gasteiger partial charge in [0.05, 0.1) is 18.3 Å². The van der Waals surface area contributed by atoms with Crippen molar-refractivity contribution in [2.75, 3.05) is 14.1 Å². The second kappa shape index (κ2) is 8.23. The van der Waals surface area contributed by atoms with Crippen molar-refractivity contribution in [3.63, 3.8) is 0 Å². The Kier molecular flexibility index (Phi) is 7.33. The van der Waals surface area contributed by atoms with Gasteiger partial charge in [-0.3, -0.25) is 0 Å². The highest BCUT2D eigenvalue weighted by Gasteiger charge is 2.38. The highest BCUT2D eigenvalue weighted by atomic mass is 16.5. The van der Waals surface area contributed by atoms with Gasteiger partial charge in [-0.05, 0) is 46.2 Å². The molecule has 19 heavy (non-hydrogen) atoms. The second-order valence-electron chi connectivity index (χ2n) is 6.33. The lowest BCUT2D eigenvalue weighted by molar-refractivity contribution is -0.157. The zero-order valence-electron chi connectivity index (χ0n) is 13.4. The summed E-state index contributed by atoms with van der Waals surface area (Å²) in [6.07, 6.45) is 7.14. The molecule has 1 heterocycles. The van der Waals surface area contributed by atoms with Gasteiger partial charge in [0.2, 0.25) is 0 Å². The topological polar surface area (TPSA) is 32.7 Å². The molecule has 114 valence electrons. The SMILES string of the molecule is CCCCC(CCC)C1CC(N(C)C)C(O)C(C)O1. The predicted molar refractivity (Wildman–Crippen MR) is 80.4 cm³/mol. The van der Waals surface area contributed by atoms with Crippen LogP contribution in [0.4, 0.5) is 0 Å². The monoisotopic (exact) mass is 271 g/mol. The zero-order valence-corrected chi connectivity index (χ0v) is 13.4. The number of nitrogens with zero attached hydrogens (tertiary/aromatic N) is 1. The van der Waals surface area contributed by atoms with Crippen LogP contribution in [0, 0.1) is 5.92 Å². The first-order valence-corrected chi connectivity index (χ1v) is 8.01. The average molecular weight is 271 g/mol. The number of rotatable bonds is 7. The van der Waals surface area contributed by atoms with Crippen molar-refractivity contribution in [2.45, 2.75) is 83.6 Å². The third-order valence-electron chi connectivity index (χ3n) is 4.52. The number of hydrogen-bond acceptors (Lipinski definition) is 3. The minimum atomic E-state index is -0.361. The number of hydrogen-bond donors (Lipinski definition) is 1. The molecule has 1 fully saturated rings. The summed E-state index contributed by atoms with van der Waals surface area (Å²) in [6, 6.07) is 0.231. The van der Waals surface area contributed by atoms with Gasteiger partial charge >= 0.3 is 0 Å². The van der Waals surface area contributed by atoms with Gasteiger partial charge in [-0.1, -0.05) is 33.1 Å². The molecule has 0 aliphatic carbocycles. The van der Waals surface area contributed by atoms with Crippen molar-refractivity contribution in [1.29, 1.82) is 0 Å². The summed E-state index contributed by atoms with van der Waals surface area (Å²) in [5.74, 6) is 0.655. The number of unbranched alkanes of at least 4 members (excludes halogenated alkanes) is 1. The van der Waals surface area contributed by atoms with Gasteiger partial charge in [0, 0.05) is 6.04 Å². The normalized spacial score (nSPS) is 33.6. The molecular formula is C16H33NO2. The van der Waals surface area contributed by atoms with Crippen LogP contribution in [0.15, 0.2) is 0 Å². The van der Waals surface area contributed by atoms with E-state index in [1.165, 1.54) is 32.1 Å². The summed E-state index contributed by atoms with van der Waals surface area (Å²) in [5, 5.41) is 10.2. The van der Waals surface area contributed by atoms with Gasteiger partial charge in [0.25, 0.3) is 0 Å². The van der Waals surface area contributed by atoms with E-state index >= 15 is 0 Å². The largest absolute Gasteiger partial charge is 0.389 e. The highest BCUT2D eigenvalue weighted by Crippen LogP contribution is 2.32. The fraction of sp³-hybridized carbons (Fsp3) is 1.00. The van der Waals surface area contributed by atoms with Crippen molar-refractivity contribution < 1.29 is 9.84 Å². The molecule has 0 spiro atoms. The molecule has 5 atom stereocenters. The summed E-state index contributed by atoms with van der Waals surface area (Å²) < 4.78 is 6.11. The third kappa shape index (κ3) is 4.73. The Morgan fingerprint density at radius 3 is 2.42 bits per heavy atom. The third-order valence-corrected chi connectivity index (χ3v) is 4.52. The Labute approximate surface area is 119 Å². The lowest BCUT2D eigenvalue weighted by Gasteiger charge is -2.43. The molecular weight excluding hydrogens is 238 g/mol. The molecule has 1 N–H and O–H groups in total. The molecule has 1 aliphatic heterocycles. The predicted octanol–water partition coefficient (Wildman–Crippen LogP) is 3.06. The van der Waals surface area contributed by atoms with E-state index in [0.717, 1.165) is 6.42 Å². The van der Waals surface area contributed by atoms with Gasteiger partial charge in [-0.25, -0.2) is 0 Å². The first-order chi connectivity index (χ1) is 9.01. The summed E-state index contributed by atoms with van der Waals surface area (Å²) in [7, 11) is 4.12. The first kappa shape index (κ1) is 16.9. The summed E-state index contributed by atoms with van der Waals surface area (Å²) in [5.41, 5.74) is 0. The number of aliphatic hydroxyl groups excluding tert-OH is 1. The Hall–Kier alpha value is -0.120. The van der Waals surface area contributed by atoms with E-state index in [1.54, 1.807) is 0 Å². The molecule has 0 aromatic carbocycles. The molecule has 0 radical (unpaired) electrons. The van der Waals surface area contributed by atoms with Crippen LogP contribution < -0.4 is 0 Å². The van der Waals surface area contributed by atoms with E-state index in [4.69, 9.17) is 4.74 Å². The second-order valence-corrected chi connectivity index (χ2v) is 6.33. The van der Waals surface area contributed by atoms with Crippen LogP contribution in [0.5, 0.6) is 0 Å². The lowest BCUT2D eigenvalue weighted by atomic mass is 9.84. The summed E-state index contributed by atoms with van der Waals surface area (Å²) in [4.78, 5) is 2.15. The Morgan fingerprint density at radius 1 is 1.21 bits per heavy atom. The van der Waals surface area contributed by atoms with E-state index in [0.29, 0.717) is 12.0 Å². The Bertz CT molecular complexity index is 245. The van der Waals surface area contributed by atoms with Crippen molar-refractivity contribution in [2.24, 2.45) is 5.92 Å². The number of likely N-dealkylation sites (N-methyl/N-ethyl adjacent to an activating group) is 1. The maximum absolute atomic E-state index is 10.2. The van der Waals surface area contributed by atoms with E-state index in [2.05, 4.69) is 32.8 Å². The molecule has 1 aliphatic rings. The highest BCUT2D eigenvalue weighted by molar-refractivity contribution is 4.90. The minimum Gasteiger partial charge on any atom is -0.389 e. The molecule has 0 amide bonds. The molecule has 0 saturated carbocycles. The Balaban J connectivity index is 2.68. The van der Waals surface area contributed by atoms with Crippen LogP contribution in [0.25, 0.3) is 0 Å². The first-order valence-electron chi connectivity index (χ1n) is 8.01. The molecule has 1 saturated heterocycles. The van der Waals surface area contributed by atoms with E-state index < -0.39 is 0 Å². The maximum Gasteiger partial charge on any atom is 0.0954 e. The molecule has 5 unspecified atom stereocenters. The quantitative estimate of drug-likeness (QED) is 0.772. The molecule has 0 aromatic heterocycles. The van der Waals surface area contributed by atoms with Crippen LogP contribution in [-0.4, -0.2) is 48.5 Å². The number of ether oxygens (including phenoxy) is 1. The van der Waals surface area contributed by atoms with Gasteiger partial charge in [-0.2, -0.15) is 0 Å². The van der Waals surface area contributed by atoms with Gasteiger partial charge in [0.1, 0.15) is 0 Å². The van der Waals surface area contributed by atoms with Crippen LogP contribution in [0.3, 0.4) is 0 Å². The van der Waals surface area contributed by atoms with E-state index in [1.807, 2.05) is 6.92 Å². The summed E-state index contributed by atoms with van der Waals surface area (Å²) in [6.45, 7) is 6.51. The van der Waals surface area contributed by atoms with Crippen molar-refractivity contribution in [3.8, 4) is 0 Å². The molecule has 3 nitrogen and oxygen atoms in total. The van der Waals surface area contributed by atoms with Gasteiger partial charge in [0.15, 0.2) is 0 Å². The fourth-order valence-corrected chi connectivity index (χ4v) is 3.28. The average Bonchev–Trinajstić information content (AvgIpc) is 2.37. The van der Waals surface area contributed by atoms with Crippen LogP contribution in [0.2, 0.25) is 0 Å². The van der Waals surface area contributed by atoms with Gasteiger partial charge < -0.3 is 14.7 Å². The van der Waals surface area contributed by atoms with Crippen LogP contribution in [-0.2, 0) is 4.74 Å². The zero-order chi connectivity index (χ0) is 14.4. The van der Waals surface area contributed by atoms with Crippen molar-refractivity contribution in [3.05, 3.63) is 0 Å².